The van der Waals surface area contributed by atoms with Gasteiger partial charge in [-0.15, -0.1) is 0 Å². The standard InChI is InChI=1S/C28H37ClN4O9P2/c1-4-32(5-2)16-6-7-19(3)33(25-14-15-30-24-17-22(29)12-13-23(24)25)28(35)42-18-20-8-10-21(11-9-20)26(34)31-27(43(36,37)38)44(39,40)41/h8-15,17,19,27H,4-7,16,18H2,1-3H3,(H,31,34)(H2,36,37,38)(H2,39,40,41). The van der Waals surface area contributed by atoms with Crippen LogP contribution < -0.4 is 10.2 Å². The summed E-state index contributed by atoms with van der Waals surface area (Å²) in [5.41, 5.74) is -1.06. The van der Waals surface area contributed by atoms with Crippen LogP contribution in [0.3, 0.4) is 0 Å². The zero-order chi connectivity index (χ0) is 32.7. The first-order valence-electron chi connectivity index (χ1n) is 13.9. The molecule has 2 aromatic carbocycles. The van der Waals surface area contributed by atoms with Crippen molar-refractivity contribution in [1.29, 1.82) is 0 Å². The number of nitrogens with zero attached hydrogens (tertiary/aromatic N) is 3. The van der Waals surface area contributed by atoms with E-state index in [4.69, 9.17) is 16.3 Å². The average Bonchev–Trinajstić information content (AvgIpc) is 2.96. The van der Waals surface area contributed by atoms with Gasteiger partial charge in [-0.2, -0.15) is 0 Å². The number of nitrogens with one attached hydrogen (secondary N) is 1. The molecule has 44 heavy (non-hydrogen) atoms. The Bertz CT molecular complexity index is 1520. The predicted molar refractivity (Wildman–Crippen MR) is 168 cm³/mol. The fraction of sp³-hybridized carbons (Fsp3) is 0.393. The minimum atomic E-state index is -5.35. The zero-order valence-corrected chi connectivity index (χ0v) is 27.1. The second-order valence-corrected chi connectivity index (χ2v) is 14.4. The molecular weight excluding hydrogens is 634 g/mol. The van der Waals surface area contributed by atoms with Crippen molar-refractivity contribution >= 4 is 55.4 Å². The van der Waals surface area contributed by atoms with Crippen LogP contribution in [-0.4, -0.2) is 72.7 Å². The van der Waals surface area contributed by atoms with Crippen molar-refractivity contribution in [2.24, 2.45) is 0 Å². The van der Waals surface area contributed by atoms with Gasteiger partial charge in [0.15, 0.2) is 0 Å². The first-order chi connectivity index (χ1) is 20.6. The minimum absolute atomic E-state index is 0.114. The number of amides is 2. The first-order valence-corrected chi connectivity index (χ1v) is 17.6. The van der Waals surface area contributed by atoms with E-state index < -0.39 is 32.7 Å². The number of aromatic nitrogens is 1. The van der Waals surface area contributed by atoms with Crippen LogP contribution in [-0.2, 0) is 20.5 Å². The first kappa shape index (κ1) is 35.6. The van der Waals surface area contributed by atoms with Gasteiger partial charge >= 0.3 is 21.3 Å². The molecule has 5 N–H and O–H groups in total. The summed E-state index contributed by atoms with van der Waals surface area (Å²) < 4.78 is 28.6. The Hall–Kier alpha value is -2.86. The van der Waals surface area contributed by atoms with Crippen molar-refractivity contribution in [1.82, 2.24) is 15.2 Å². The lowest BCUT2D eigenvalue weighted by Gasteiger charge is -2.30. The highest BCUT2D eigenvalue weighted by atomic mass is 35.5. The van der Waals surface area contributed by atoms with E-state index in [0.29, 0.717) is 28.2 Å². The van der Waals surface area contributed by atoms with Gasteiger partial charge in [0.25, 0.3) is 5.91 Å². The molecule has 16 heteroatoms. The molecule has 0 spiro atoms. The van der Waals surface area contributed by atoms with E-state index in [1.807, 2.05) is 6.92 Å². The molecule has 1 atom stereocenters. The normalized spacial score (nSPS) is 12.9. The number of ether oxygens (including phenoxy) is 1. The molecule has 240 valence electrons. The molecule has 0 radical (unpaired) electrons. The SMILES string of the molecule is CCN(CC)CCCC(C)N(C(=O)OCc1ccc(C(=O)NC(P(=O)(O)O)P(=O)(O)O)cc1)c1ccnc2cc(Cl)ccc12. The number of halogens is 1. The number of anilines is 1. The van der Waals surface area contributed by atoms with E-state index in [0.717, 1.165) is 31.4 Å². The Balaban J connectivity index is 1.78. The van der Waals surface area contributed by atoms with Gasteiger partial charge in [0.05, 0.1) is 11.2 Å². The lowest BCUT2D eigenvalue weighted by molar-refractivity contribution is 0.0947. The molecule has 2 amide bonds. The van der Waals surface area contributed by atoms with E-state index in [9.17, 15) is 38.3 Å². The number of carbonyl (C=O) groups excluding carboxylic acids is 2. The second-order valence-electron chi connectivity index (χ2n) is 10.2. The Labute approximate surface area is 260 Å². The Kier molecular flexibility index (Phi) is 12.5. The minimum Gasteiger partial charge on any atom is -0.444 e. The number of hydrogen-bond acceptors (Lipinski definition) is 7. The topological polar surface area (TPSA) is 190 Å². The van der Waals surface area contributed by atoms with Crippen LogP contribution in [0.15, 0.2) is 54.7 Å². The maximum atomic E-state index is 13.6. The highest BCUT2D eigenvalue weighted by Gasteiger charge is 2.44. The third-order valence-electron chi connectivity index (χ3n) is 7.05. The van der Waals surface area contributed by atoms with Gasteiger partial charge in [0, 0.05) is 28.2 Å². The van der Waals surface area contributed by atoms with Gasteiger partial charge in [-0.05, 0) is 81.4 Å². The van der Waals surface area contributed by atoms with Crippen LogP contribution in [0, 0.1) is 0 Å². The molecular formula is C28H37ClN4O9P2. The van der Waals surface area contributed by atoms with Gasteiger partial charge in [0.2, 0.25) is 5.52 Å². The molecule has 3 aromatic rings. The molecule has 0 aliphatic carbocycles. The molecule has 0 bridgehead atoms. The van der Waals surface area contributed by atoms with E-state index >= 15 is 0 Å². The summed E-state index contributed by atoms with van der Waals surface area (Å²) in [4.78, 5) is 71.3. The summed E-state index contributed by atoms with van der Waals surface area (Å²) in [5, 5.41) is 2.94. The van der Waals surface area contributed by atoms with Crippen LogP contribution in [0.1, 0.15) is 49.5 Å². The molecule has 0 saturated heterocycles. The van der Waals surface area contributed by atoms with E-state index in [-0.39, 0.29) is 18.2 Å². The number of fused-ring (bicyclic) bond motifs is 1. The zero-order valence-electron chi connectivity index (χ0n) is 24.5. The smallest absolute Gasteiger partial charge is 0.414 e. The Morgan fingerprint density at radius 1 is 1.00 bits per heavy atom. The van der Waals surface area contributed by atoms with Crippen LogP contribution in [0.2, 0.25) is 5.02 Å². The van der Waals surface area contributed by atoms with Gasteiger partial charge in [-0.1, -0.05) is 37.6 Å². The largest absolute Gasteiger partial charge is 0.444 e. The number of hydrogen-bond donors (Lipinski definition) is 5. The predicted octanol–water partition coefficient (Wildman–Crippen LogP) is 4.91. The van der Waals surface area contributed by atoms with Crippen LogP contribution in [0.4, 0.5) is 10.5 Å². The molecule has 1 aromatic heterocycles. The maximum Gasteiger partial charge on any atom is 0.414 e. The molecule has 0 aliphatic heterocycles. The fourth-order valence-corrected chi connectivity index (χ4v) is 6.95. The fourth-order valence-electron chi connectivity index (χ4n) is 4.64. The van der Waals surface area contributed by atoms with E-state index in [1.165, 1.54) is 24.3 Å². The summed E-state index contributed by atoms with van der Waals surface area (Å²) in [7, 11) is -10.7. The lowest BCUT2D eigenvalue weighted by Crippen LogP contribution is -2.40. The Morgan fingerprint density at radius 3 is 2.23 bits per heavy atom. The van der Waals surface area contributed by atoms with Crippen molar-refractivity contribution in [2.75, 3.05) is 24.5 Å². The van der Waals surface area contributed by atoms with E-state index in [2.05, 4.69) is 23.7 Å². The van der Waals surface area contributed by atoms with Crippen molar-refractivity contribution < 1.29 is 43.0 Å². The van der Waals surface area contributed by atoms with Crippen molar-refractivity contribution in [3.8, 4) is 0 Å². The third-order valence-corrected chi connectivity index (χ3v) is 10.6. The van der Waals surface area contributed by atoms with Crippen LogP contribution in [0.5, 0.6) is 0 Å². The molecule has 1 heterocycles. The van der Waals surface area contributed by atoms with Gasteiger partial charge in [0.1, 0.15) is 6.61 Å². The second kappa shape index (κ2) is 15.4. The molecule has 0 fully saturated rings. The lowest BCUT2D eigenvalue weighted by atomic mass is 10.1. The van der Waals surface area contributed by atoms with Crippen LogP contribution >= 0.6 is 26.8 Å². The molecule has 13 nitrogen and oxygen atoms in total. The maximum absolute atomic E-state index is 13.6. The molecule has 3 rings (SSSR count). The van der Waals surface area contributed by atoms with Crippen LogP contribution in [0.25, 0.3) is 10.9 Å². The monoisotopic (exact) mass is 670 g/mol. The quantitative estimate of drug-likeness (QED) is 0.147. The van der Waals surface area contributed by atoms with Crippen molar-refractivity contribution in [2.45, 2.75) is 51.8 Å². The molecule has 0 aliphatic rings. The van der Waals surface area contributed by atoms with Crippen molar-refractivity contribution in [3.63, 3.8) is 0 Å². The summed E-state index contributed by atoms with van der Waals surface area (Å²) in [5.74, 6) is -1.10. The Morgan fingerprint density at radius 2 is 1.64 bits per heavy atom. The average molecular weight is 671 g/mol. The number of pyridine rings is 1. The summed E-state index contributed by atoms with van der Waals surface area (Å²) in [6, 6.07) is 12.2. The highest BCUT2D eigenvalue weighted by molar-refractivity contribution is 7.70. The summed E-state index contributed by atoms with van der Waals surface area (Å²) in [6.45, 7) is 8.74. The van der Waals surface area contributed by atoms with Gasteiger partial charge in [-0.3, -0.25) is 23.8 Å². The highest BCUT2D eigenvalue weighted by Crippen LogP contribution is 2.58. The third kappa shape index (κ3) is 9.57. The summed E-state index contributed by atoms with van der Waals surface area (Å²) in [6.07, 6.45) is 2.56. The number of benzene rings is 2. The molecule has 0 saturated carbocycles. The molecule has 1 unspecified atom stereocenters. The number of rotatable bonds is 14. The number of carbonyl (C=O) groups is 2. The van der Waals surface area contributed by atoms with Gasteiger partial charge in [-0.25, -0.2) is 4.79 Å². The van der Waals surface area contributed by atoms with Gasteiger partial charge < -0.3 is 34.5 Å². The van der Waals surface area contributed by atoms with E-state index in [1.54, 1.807) is 40.7 Å². The summed E-state index contributed by atoms with van der Waals surface area (Å²) >= 11 is 6.17. The van der Waals surface area contributed by atoms with Crippen molar-refractivity contribution in [3.05, 3.63) is 70.9 Å².